The number of thioether (sulfide) groups is 1. The predicted octanol–water partition coefficient (Wildman–Crippen LogP) is 8.66. The quantitative estimate of drug-likeness (QED) is 0.0887. The molecule has 0 aliphatic rings. The van der Waals surface area contributed by atoms with E-state index in [2.05, 4.69) is 20.9 Å². The van der Waals surface area contributed by atoms with E-state index in [1.54, 1.807) is 91.0 Å². The Balaban J connectivity index is 1.23. The molecular weight excluding hydrogens is 675 g/mol. The zero-order valence-corrected chi connectivity index (χ0v) is 28.1. The van der Waals surface area contributed by atoms with E-state index in [1.807, 2.05) is 24.4 Å². The van der Waals surface area contributed by atoms with Gasteiger partial charge in [0.15, 0.2) is 5.13 Å². The lowest BCUT2D eigenvalue weighted by atomic mass is 10.1. The van der Waals surface area contributed by atoms with Crippen LogP contribution in [-0.2, 0) is 9.59 Å². The first-order valence-corrected chi connectivity index (χ1v) is 17.0. The van der Waals surface area contributed by atoms with Crippen molar-refractivity contribution in [2.24, 2.45) is 0 Å². The number of aromatic nitrogens is 1. The van der Waals surface area contributed by atoms with Crippen molar-refractivity contribution in [1.29, 1.82) is 0 Å². The molecule has 47 heavy (non-hydrogen) atoms. The molecule has 0 radical (unpaired) electrons. The fraction of sp³-hybridized carbons (Fsp3) is 0.0857. The van der Waals surface area contributed by atoms with Crippen molar-refractivity contribution >= 4 is 80.9 Å². The first-order chi connectivity index (χ1) is 22.8. The Morgan fingerprint density at radius 1 is 0.915 bits per heavy atom. The van der Waals surface area contributed by atoms with Crippen LogP contribution in [0.15, 0.2) is 113 Å². The van der Waals surface area contributed by atoms with Crippen LogP contribution in [0.5, 0.6) is 5.75 Å². The number of hydrogen-bond acceptors (Lipinski definition) is 7. The molecule has 0 unspecified atom stereocenters. The average Bonchev–Trinajstić information content (AvgIpc) is 3.53. The molecule has 0 saturated heterocycles. The van der Waals surface area contributed by atoms with Gasteiger partial charge >= 0.3 is 0 Å². The number of nitrogens with one attached hydrogen (secondary N) is 3. The van der Waals surface area contributed by atoms with Crippen molar-refractivity contribution in [1.82, 2.24) is 10.3 Å². The minimum absolute atomic E-state index is 0.0585. The molecule has 0 fully saturated rings. The average molecular weight is 704 g/mol. The SMILES string of the molecule is CCOc1ccc(/C=C(/NC(=O)c2ccccc2)C(=O)Nc2cccc(SCC(=O)Nc3nc(-c4ccc(Cl)cc4Cl)cs3)c2)cc1. The van der Waals surface area contributed by atoms with Gasteiger partial charge in [-0.15, -0.1) is 23.1 Å². The summed E-state index contributed by atoms with van der Waals surface area (Å²) < 4.78 is 5.51. The van der Waals surface area contributed by atoms with Crippen LogP contribution in [0.4, 0.5) is 10.8 Å². The van der Waals surface area contributed by atoms with Gasteiger partial charge in [-0.3, -0.25) is 14.4 Å². The molecule has 238 valence electrons. The maximum Gasteiger partial charge on any atom is 0.272 e. The van der Waals surface area contributed by atoms with Gasteiger partial charge in [-0.1, -0.05) is 59.6 Å². The lowest BCUT2D eigenvalue weighted by Crippen LogP contribution is -2.30. The number of amides is 3. The maximum absolute atomic E-state index is 13.5. The van der Waals surface area contributed by atoms with Crippen LogP contribution in [0.25, 0.3) is 17.3 Å². The van der Waals surface area contributed by atoms with E-state index in [4.69, 9.17) is 27.9 Å². The summed E-state index contributed by atoms with van der Waals surface area (Å²) in [5, 5.41) is 11.7. The number of ether oxygens (including phenoxy) is 1. The number of thiazole rings is 1. The molecule has 0 aliphatic carbocycles. The lowest BCUT2D eigenvalue weighted by molar-refractivity contribution is -0.114. The molecule has 1 aromatic heterocycles. The van der Waals surface area contributed by atoms with Crippen LogP contribution in [0, 0.1) is 0 Å². The molecule has 5 aromatic rings. The summed E-state index contributed by atoms with van der Waals surface area (Å²) in [4.78, 5) is 44.4. The van der Waals surface area contributed by atoms with Crippen LogP contribution in [0.3, 0.4) is 0 Å². The zero-order chi connectivity index (χ0) is 33.2. The van der Waals surface area contributed by atoms with E-state index in [-0.39, 0.29) is 17.4 Å². The molecule has 3 amide bonds. The minimum atomic E-state index is -0.511. The highest BCUT2D eigenvalue weighted by atomic mass is 35.5. The Morgan fingerprint density at radius 3 is 2.45 bits per heavy atom. The van der Waals surface area contributed by atoms with E-state index in [0.717, 1.165) is 10.5 Å². The second-order valence-electron chi connectivity index (χ2n) is 9.86. The fourth-order valence-corrected chi connectivity index (χ4v) is 6.24. The van der Waals surface area contributed by atoms with Crippen LogP contribution in [0.1, 0.15) is 22.8 Å². The molecule has 0 aliphatic heterocycles. The fourth-order valence-electron chi connectivity index (χ4n) is 4.25. The highest BCUT2D eigenvalue weighted by molar-refractivity contribution is 8.00. The number of carbonyl (C=O) groups is 3. The molecule has 8 nitrogen and oxygen atoms in total. The summed E-state index contributed by atoms with van der Waals surface area (Å²) >= 11 is 14.9. The molecule has 0 bridgehead atoms. The molecule has 12 heteroatoms. The van der Waals surface area contributed by atoms with Gasteiger partial charge in [0.05, 0.1) is 23.1 Å². The Labute approximate surface area is 290 Å². The smallest absolute Gasteiger partial charge is 0.272 e. The maximum atomic E-state index is 13.5. The molecule has 1 heterocycles. The summed E-state index contributed by atoms with van der Waals surface area (Å²) in [5.41, 5.74) is 3.03. The van der Waals surface area contributed by atoms with Gasteiger partial charge in [0, 0.05) is 32.1 Å². The van der Waals surface area contributed by atoms with Gasteiger partial charge < -0.3 is 20.7 Å². The Bertz CT molecular complexity index is 1910. The van der Waals surface area contributed by atoms with Crippen molar-refractivity contribution in [2.75, 3.05) is 23.0 Å². The van der Waals surface area contributed by atoms with E-state index in [1.165, 1.54) is 23.1 Å². The van der Waals surface area contributed by atoms with Crippen LogP contribution < -0.4 is 20.7 Å². The number of carbonyl (C=O) groups excluding carboxylic acids is 3. The summed E-state index contributed by atoms with van der Waals surface area (Å²) in [6.45, 7) is 2.43. The number of halogens is 2. The number of nitrogens with zero attached hydrogens (tertiary/aromatic N) is 1. The van der Waals surface area contributed by atoms with E-state index in [0.29, 0.717) is 50.0 Å². The molecular formula is C35H28Cl2N4O4S2. The van der Waals surface area contributed by atoms with Crippen molar-refractivity contribution < 1.29 is 19.1 Å². The molecule has 0 saturated carbocycles. The van der Waals surface area contributed by atoms with Crippen LogP contribution in [-0.4, -0.2) is 35.1 Å². The topological polar surface area (TPSA) is 109 Å². The Kier molecular flexibility index (Phi) is 11.7. The van der Waals surface area contributed by atoms with E-state index >= 15 is 0 Å². The van der Waals surface area contributed by atoms with Crippen molar-refractivity contribution in [3.05, 3.63) is 129 Å². The zero-order valence-electron chi connectivity index (χ0n) is 25.0. The molecule has 0 spiro atoms. The summed E-state index contributed by atoms with van der Waals surface area (Å²) in [7, 11) is 0. The van der Waals surface area contributed by atoms with E-state index in [9.17, 15) is 14.4 Å². The third-order valence-corrected chi connectivity index (χ3v) is 8.75. The monoisotopic (exact) mass is 702 g/mol. The summed E-state index contributed by atoms with van der Waals surface area (Å²) in [6, 6.07) is 28.1. The molecule has 3 N–H and O–H groups in total. The number of hydrogen-bond donors (Lipinski definition) is 3. The highest BCUT2D eigenvalue weighted by Crippen LogP contribution is 2.32. The number of benzene rings is 4. The lowest BCUT2D eigenvalue weighted by Gasteiger charge is -2.12. The number of rotatable bonds is 12. The largest absolute Gasteiger partial charge is 0.494 e. The van der Waals surface area contributed by atoms with Gasteiger partial charge in [0.25, 0.3) is 11.8 Å². The first kappa shape index (κ1) is 33.7. The second-order valence-corrected chi connectivity index (χ2v) is 12.6. The normalized spacial score (nSPS) is 11.1. The van der Waals surface area contributed by atoms with Gasteiger partial charge in [-0.05, 0) is 79.2 Å². The van der Waals surface area contributed by atoms with Gasteiger partial charge in [-0.25, -0.2) is 4.98 Å². The van der Waals surface area contributed by atoms with Gasteiger partial charge in [0.1, 0.15) is 11.4 Å². The molecule has 5 rings (SSSR count). The van der Waals surface area contributed by atoms with Crippen LogP contribution >= 0.6 is 46.3 Å². The second kappa shape index (κ2) is 16.3. The standard InChI is InChI=1S/C35H28Cl2N4O4S2/c1-2-45-26-14-11-22(12-15-26)17-30(39-33(43)23-7-4-3-5-8-23)34(44)38-25-9-6-10-27(19-25)46-21-32(42)41-35-40-31(20-47-35)28-16-13-24(36)18-29(28)37/h3-20H,2,21H2,1H3,(H,38,44)(H,39,43)(H,40,41,42)/b30-17+. The summed E-state index contributed by atoms with van der Waals surface area (Å²) in [6.07, 6.45) is 1.60. The van der Waals surface area contributed by atoms with Crippen LogP contribution in [0.2, 0.25) is 10.0 Å². The Morgan fingerprint density at radius 2 is 1.70 bits per heavy atom. The third-order valence-electron chi connectivity index (χ3n) is 6.45. The highest BCUT2D eigenvalue weighted by Gasteiger charge is 2.16. The van der Waals surface area contributed by atoms with Crippen molar-refractivity contribution in [2.45, 2.75) is 11.8 Å². The first-order valence-electron chi connectivity index (χ1n) is 14.3. The number of anilines is 2. The molecule has 4 aromatic carbocycles. The van der Waals surface area contributed by atoms with Crippen molar-refractivity contribution in [3.8, 4) is 17.0 Å². The van der Waals surface area contributed by atoms with E-state index < -0.39 is 11.8 Å². The summed E-state index contributed by atoms with van der Waals surface area (Å²) in [5.74, 6) is -0.354. The Hall–Kier alpha value is -4.61. The molecule has 0 atom stereocenters. The van der Waals surface area contributed by atoms with Crippen molar-refractivity contribution in [3.63, 3.8) is 0 Å². The van der Waals surface area contributed by atoms with Gasteiger partial charge in [0.2, 0.25) is 5.91 Å². The third kappa shape index (κ3) is 9.69. The minimum Gasteiger partial charge on any atom is -0.494 e. The predicted molar refractivity (Wildman–Crippen MR) is 191 cm³/mol. The van der Waals surface area contributed by atoms with Gasteiger partial charge in [-0.2, -0.15) is 0 Å².